The molecule has 6 atom stereocenters. The molecular formula is C19H28O5S. The van der Waals surface area contributed by atoms with Gasteiger partial charge in [-0.1, -0.05) is 19.4 Å². The van der Waals surface area contributed by atoms with Gasteiger partial charge >= 0.3 is 10.4 Å². The van der Waals surface area contributed by atoms with Crippen LogP contribution in [0.2, 0.25) is 0 Å². The van der Waals surface area contributed by atoms with E-state index in [0.717, 1.165) is 38.5 Å². The summed E-state index contributed by atoms with van der Waals surface area (Å²) in [6, 6.07) is 0. The molecule has 140 valence electrons. The third-order valence-electron chi connectivity index (χ3n) is 8.11. The van der Waals surface area contributed by atoms with Gasteiger partial charge in [0.25, 0.3) is 0 Å². The van der Waals surface area contributed by atoms with Gasteiger partial charge in [0.1, 0.15) is 0 Å². The molecule has 0 aromatic rings. The van der Waals surface area contributed by atoms with Crippen LogP contribution in [0.15, 0.2) is 11.6 Å². The molecule has 3 saturated carbocycles. The van der Waals surface area contributed by atoms with Crippen molar-refractivity contribution in [2.75, 3.05) is 0 Å². The maximum Gasteiger partial charge on any atom is 0.397 e. The van der Waals surface area contributed by atoms with Gasteiger partial charge in [0.15, 0.2) is 5.78 Å². The standard InChI is InChI=1S/C19H28O5S/c1-18-9-7-13(20)11-12(18)3-4-14-15-5-6-17(24-25(21,22)23)19(15,2)10-8-16(14)18/h11,14-17H,3-10H2,1-2H3,(H,21,22,23)/t14-,15-,16-,17-,18?,19-/m0/s1. The highest BCUT2D eigenvalue weighted by atomic mass is 32.3. The predicted molar refractivity (Wildman–Crippen MR) is 93.1 cm³/mol. The van der Waals surface area contributed by atoms with Gasteiger partial charge in [-0.2, -0.15) is 8.42 Å². The van der Waals surface area contributed by atoms with E-state index < -0.39 is 16.5 Å². The first kappa shape index (κ1) is 17.7. The summed E-state index contributed by atoms with van der Waals surface area (Å²) in [7, 11) is -4.41. The summed E-state index contributed by atoms with van der Waals surface area (Å²) in [6.07, 6.45) is 8.80. The molecule has 3 fully saturated rings. The predicted octanol–water partition coefficient (Wildman–Crippen LogP) is 3.71. The molecule has 0 radical (unpaired) electrons. The molecule has 0 bridgehead atoms. The van der Waals surface area contributed by atoms with Gasteiger partial charge in [-0.25, -0.2) is 4.18 Å². The largest absolute Gasteiger partial charge is 0.397 e. The monoisotopic (exact) mass is 368 g/mol. The number of hydrogen-bond acceptors (Lipinski definition) is 4. The number of fused-ring (bicyclic) bond motifs is 5. The number of hydrogen-bond donors (Lipinski definition) is 1. The molecule has 0 aromatic heterocycles. The molecule has 0 amide bonds. The van der Waals surface area contributed by atoms with Gasteiger partial charge in [-0.3, -0.25) is 9.35 Å². The minimum atomic E-state index is -4.41. The van der Waals surface area contributed by atoms with Crippen LogP contribution in [-0.4, -0.2) is 24.9 Å². The van der Waals surface area contributed by atoms with Crippen molar-refractivity contribution >= 4 is 16.2 Å². The lowest BCUT2D eigenvalue weighted by molar-refractivity contribution is -0.117. The zero-order valence-corrected chi connectivity index (χ0v) is 15.8. The number of allylic oxidation sites excluding steroid dienone is 1. The topological polar surface area (TPSA) is 80.7 Å². The maximum absolute atomic E-state index is 11.9. The van der Waals surface area contributed by atoms with Crippen LogP contribution in [0, 0.1) is 28.6 Å². The second-order valence-electron chi connectivity index (χ2n) is 9.10. The van der Waals surface area contributed by atoms with E-state index in [1.54, 1.807) is 0 Å². The highest BCUT2D eigenvalue weighted by Gasteiger charge is 2.59. The van der Waals surface area contributed by atoms with E-state index in [0.29, 0.717) is 30.6 Å². The number of ketones is 1. The van der Waals surface area contributed by atoms with Gasteiger partial charge in [0, 0.05) is 6.42 Å². The Hall–Kier alpha value is -0.720. The van der Waals surface area contributed by atoms with Gasteiger partial charge in [0.2, 0.25) is 0 Å². The zero-order valence-electron chi connectivity index (χ0n) is 15.0. The lowest BCUT2D eigenvalue weighted by Gasteiger charge is -2.57. The Morgan fingerprint density at radius 2 is 1.84 bits per heavy atom. The summed E-state index contributed by atoms with van der Waals surface area (Å²) < 4.78 is 36.7. The fraction of sp³-hybridized carbons (Fsp3) is 0.842. The van der Waals surface area contributed by atoms with Crippen molar-refractivity contribution in [1.29, 1.82) is 0 Å². The van der Waals surface area contributed by atoms with Crippen molar-refractivity contribution in [1.82, 2.24) is 0 Å². The van der Waals surface area contributed by atoms with E-state index in [9.17, 15) is 13.2 Å². The third-order valence-corrected chi connectivity index (χ3v) is 8.59. The molecule has 0 spiro atoms. The van der Waals surface area contributed by atoms with Crippen molar-refractivity contribution in [2.24, 2.45) is 28.6 Å². The molecule has 4 rings (SSSR count). The first-order chi connectivity index (χ1) is 11.6. The van der Waals surface area contributed by atoms with Crippen molar-refractivity contribution in [3.63, 3.8) is 0 Å². The highest BCUT2D eigenvalue weighted by Crippen LogP contribution is 2.65. The fourth-order valence-corrected chi connectivity index (χ4v) is 7.43. The van der Waals surface area contributed by atoms with Gasteiger partial charge < -0.3 is 0 Å². The molecule has 0 heterocycles. The van der Waals surface area contributed by atoms with E-state index in [-0.39, 0.29) is 16.6 Å². The van der Waals surface area contributed by atoms with Crippen molar-refractivity contribution in [2.45, 2.75) is 71.3 Å². The Morgan fingerprint density at radius 3 is 2.56 bits per heavy atom. The molecule has 0 aromatic carbocycles. The van der Waals surface area contributed by atoms with E-state index in [2.05, 4.69) is 13.8 Å². The Balaban J connectivity index is 1.62. The second kappa shape index (κ2) is 5.64. The summed E-state index contributed by atoms with van der Waals surface area (Å²) >= 11 is 0. The van der Waals surface area contributed by atoms with Gasteiger partial charge in [0.05, 0.1) is 6.10 Å². The summed E-state index contributed by atoms with van der Waals surface area (Å²) in [5.74, 6) is 1.84. The van der Waals surface area contributed by atoms with Crippen molar-refractivity contribution in [3.05, 3.63) is 11.6 Å². The lowest BCUT2D eigenvalue weighted by Crippen LogP contribution is -2.51. The van der Waals surface area contributed by atoms with Crippen LogP contribution < -0.4 is 0 Å². The molecule has 5 nitrogen and oxygen atoms in total. The van der Waals surface area contributed by atoms with Crippen LogP contribution in [-0.2, 0) is 19.4 Å². The van der Waals surface area contributed by atoms with Crippen LogP contribution in [0.5, 0.6) is 0 Å². The third kappa shape index (κ3) is 2.72. The quantitative estimate of drug-likeness (QED) is 0.752. The molecule has 0 saturated heterocycles. The van der Waals surface area contributed by atoms with Crippen molar-refractivity contribution < 1.29 is 21.9 Å². The zero-order chi connectivity index (χ0) is 18.0. The molecule has 4 aliphatic carbocycles. The second-order valence-corrected chi connectivity index (χ2v) is 10.2. The van der Waals surface area contributed by atoms with E-state index in [1.165, 1.54) is 5.57 Å². The lowest BCUT2D eigenvalue weighted by atomic mass is 9.47. The smallest absolute Gasteiger partial charge is 0.295 e. The van der Waals surface area contributed by atoms with Gasteiger partial charge in [-0.15, -0.1) is 0 Å². The van der Waals surface area contributed by atoms with Crippen LogP contribution in [0.1, 0.15) is 65.2 Å². The Bertz CT molecular complexity index is 726. The van der Waals surface area contributed by atoms with E-state index >= 15 is 0 Å². The van der Waals surface area contributed by atoms with Crippen LogP contribution >= 0.6 is 0 Å². The molecule has 6 heteroatoms. The fourth-order valence-electron chi connectivity index (χ4n) is 6.82. The SMILES string of the molecule is CC12CCC(=O)C=C1CC[C@@H]1[C@@H]2CC[C@]2(C)[C@@H](OS(=O)(=O)O)CC[C@@H]12. The average molecular weight is 368 g/mol. The molecule has 1 unspecified atom stereocenters. The van der Waals surface area contributed by atoms with Crippen LogP contribution in [0.25, 0.3) is 0 Å². The minimum Gasteiger partial charge on any atom is -0.295 e. The Labute approximate surface area is 150 Å². The van der Waals surface area contributed by atoms with Gasteiger partial charge in [-0.05, 0) is 79.6 Å². The molecule has 25 heavy (non-hydrogen) atoms. The number of carbonyl (C=O) groups is 1. The molecule has 1 N–H and O–H groups in total. The summed E-state index contributed by atoms with van der Waals surface area (Å²) in [6.45, 7) is 4.49. The van der Waals surface area contributed by atoms with E-state index in [1.807, 2.05) is 6.08 Å². The molecule has 0 aliphatic heterocycles. The number of rotatable bonds is 2. The minimum absolute atomic E-state index is 0.125. The maximum atomic E-state index is 11.9. The number of carbonyl (C=O) groups excluding carboxylic acids is 1. The summed E-state index contributed by atoms with van der Waals surface area (Å²) in [5.41, 5.74) is 1.29. The normalized spacial score (nSPS) is 46.8. The molecule has 4 aliphatic rings. The highest BCUT2D eigenvalue weighted by molar-refractivity contribution is 7.80. The van der Waals surface area contributed by atoms with Crippen molar-refractivity contribution in [3.8, 4) is 0 Å². The summed E-state index contributed by atoms with van der Waals surface area (Å²) in [5, 5.41) is 0. The molecular weight excluding hydrogens is 340 g/mol. The first-order valence-electron chi connectivity index (χ1n) is 9.53. The Morgan fingerprint density at radius 1 is 1.08 bits per heavy atom. The Kier molecular flexibility index (Phi) is 3.99. The van der Waals surface area contributed by atoms with Crippen LogP contribution in [0.4, 0.5) is 0 Å². The first-order valence-corrected chi connectivity index (χ1v) is 10.9. The average Bonchev–Trinajstić information content (AvgIpc) is 2.83. The van der Waals surface area contributed by atoms with Crippen LogP contribution in [0.3, 0.4) is 0 Å². The summed E-state index contributed by atoms with van der Waals surface area (Å²) in [4.78, 5) is 11.9. The van der Waals surface area contributed by atoms with E-state index in [4.69, 9.17) is 8.74 Å².